The Hall–Kier alpha value is -2.41. The fourth-order valence-corrected chi connectivity index (χ4v) is 2.58. The second-order valence-electron chi connectivity index (χ2n) is 6.60. The van der Waals surface area contributed by atoms with Gasteiger partial charge in [-0.05, 0) is 24.8 Å². The van der Waals surface area contributed by atoms with E-state index in [1.807, 2.05) is 51.1 Å². The second kappa shape index (κ2) is 11.3. The largest absolute Gasteiger partial charge is 0.355 e. The first-order chi connectivity index (χ1) is 12.4. The molecule has 3 amide bonds. The minimum absolute atomic E-state index is 0.204. The molecule has 144 valence electrons. The summed E-state index contributed by atoms with van der Waals surface area (Å²) >= 11 is 0. The van der Waals surface area contributed by atoms with E-state index in [2.05, 4.69) is 16.0 Å². The van der Waals surface area contributed by atoms with Crippen LogP contribution in [0.25, 0.3) is 0 Å². The summed E-state index contributed by atoms with van der Waals surface area (Å²) < 4.78 is 0. The van der Waals surface area contributed by atoms with Crippen molar-refractivity contribution >= 4 is 17.7 Å². The maximum absolute atomic E-state index is 12.8. The highest BCUT2D eigenvalue weighted by Crippen LogP contribution is 2.08. The lowest BCUT2D eigenvalue weighted by atomic mass is 10.0. The summed E-state index contributed by atoms with van der Waals surface area (Å²) in [7, 11) is 0. The number of benzene rings is 1. The van der Waals surface area contributed by atoms with E-state index in [0.717, 1.165) is 5.56 Å². The number of hydrogen-bond donors (Lipinski definition) is 4. The third-order valence-corrected chi connectivity index (χ3v) is 3.81. The molecule has 2 unspecified atom stereocenters. The third kappa shape index (κ3) is 7.65. The van der Waals surface area contributed by atoms with E-state index < -0.39 is 23.9 Å². The van der Waals surface area contributed by atoms with Crippen LogP contribution >= 0.6 is 0 Å². The number of nitrogens with one attached hydrogen (secondary N) is 3. The predicted octanol–water partition coefficient (Wildman–Crippen LogP) is 0.340. The van der Waals surface area contributed by atoms with Gasteiger partial charge in [-0.3, -0.25) is 14.4 Å². The van der Waals surface area contributed by atoms with Gasteiger partial charge in [0.15, 0.2) is 0 Å². The molecule has 0 radical (unpaired) electrons. The molecule has 1 aromatic carbocycles. The lowest BCUT2D eigenvalue weighted by Gasteiger charge is -2.24. The lowest BCUT2D eigenvalue weighted by Crippen LogP contribution is -2.55. The molecular weight excluding hydrogens is 332 g/mol. The van der Waals surface area contributed by atoms with Crippen molar-refractivity contribution in [3.63, 3.8) is 0 Å². The van der Waals surface area contributed by atoms with Crippen LogP contribution in [0.4, 0.5) is 0 Å². The highest BCUT2D eigenvalue weighted by Gasteiger charge is 2.27. The predicted molar refractivity (Wildman–Crippen MR) is 101 cm³/mol. The average molecular weight is 362 g/mol. The summed E-state index contributed by atoms with van der Waals surface area (Å²) in [5.74, 6) is -0.806. The molecular formula is C19H30N4O3. The first-order valence-electron chi connectivity index (χ1n) is 8.98. The first kappa shape index (κ1) is 21.6. The molecule has 26 heavy (non-hydrogen) atoms. The smallest absolute Gasteiger partial charge is 0.243 e. The van der Waals surface area contributed by atoms with Crippen LogP contribution in [0.3, 0.4) is 0 Å². The molecule has 0 saturated heterocycles. The Labute approximate surface area is 155 Å². The summed E-state index contributed by atoms with van der Waals surface area (Å²) in [6.45, 7) is 6.07. The minimum atomic E-state index is -0.794. The van der Waals surface area contributed by atoms with Crippen molar-refractivity contribution in [1.29, 1.82) is 0 Å². The zero-order valence-electron chi connectivity index (χ0n) is 15.7. The van der Waals surface area contributed by atoms with Crippen molar-refractivity contribution < 1.29 is 14.4 Å². The molecule has 0 aliphatic carbocycles. The molecule has 1 aromatic rings. The topological polar surface area (TPSA) is 113 Å². The maximum Gasteiger partial charge on any atom is 0.243 e. The number of carbonyl (C=O) groups is 3. The van der Waals surface area contributed by atoms with Crippen LogP contribution < -0.4 is 21.7 Å². The highest BCUT2D eigenvalue weighted by molar-refractivity contribution is 5.92. The molecule has 0 bridgehead atoms. The zero-order valence-corrected chi connectivity index (χ0v) is 15.7. The Morgan fingerprint density at radius 3 is 2.19 bits per heavy atom. The quantitative estimate of drug-likeness (QED) is 0.481. The normalized spacial score (nSPS) is 13.0. The molecule has 0 saturated carbocycles. The molecule has 0 spiro atoms. The molecule has 0 aromatic heterocycles. The molecule has 0 heterocycles. The second-order valence-corrected chi connectivity index (χ2v) is 6.60. The van der Waals surface area contributed by atoms with Gasteiger partial charge in [0.1, 0.15) is 12.1 Å². The Bertz CT molecular complexity index is 590. The number of hydrogen-bond acceptors (Lipinski definition) is 4. The van der Waals surface area contributed by atoms with Gasteiger partial charge in [-0.1, -0.05) is 44.2 Å². The van der Waals surface area contributed by atoms with Crippen LogP contribution in [0.5, 0.6) is 0 Å². The molecule has 2 atom stereocenters. The number of amides is 3. The number of likely N-dealkylation sites (N-methyl/N-ethyl adjacent to an activating group) is 1. The van der Waals surface area contributed by atoms with Gasteiger partial charge in [0.25, 0.3) is 0 Å². The fourth-order valence-electron chi connectivity index (χ4n) is 2.58. The van der Waals surface area contributed by atoms with E-state index in [4.69, 9.17) is 5.73 Å². The van der Waals surface area contributed by atoms with Crippen molar-refractivity contribution in [3.8, 4) is 0 Å². The van der Waals surface area contributed by atoms with Crippen LogP contribution in [0.15, 0.2) is 30.3 Å². The van der Waals surface area contributed by atoms with Gasteiger partial charge in [-0.2, -0.15) is 0 Å². The van der Waals surface area contributed by atoms with Gasteiger partial charge in [0.05, 0.1) is 6.54 Å². The van der Waals surface area contributed by atoms with Gasteiger partial charge in [0.2, 0.25) is 17.7 Å². The molecule has 7 nitrogen and oxygen atoms in total. The van der Waals surface area contributed by atoms with Crippen molar-refractivity contribution in [3.05, 3.63) is 35.9 Å². The van der Waals surface area contributed by atoms with Crippen LogP contribution in [-0.4, -0.2) is 42.9 Å². The third-order valence-electron chi connectivity index (χ3n) is 3.81. The molecule has 0 fully saturated rings. The van der Waals surface area contributed by atoms with E-state index in [0.29, 0.717) is 19.4 Å². The van der Waals surface area contributed by atoms with E-state index in [-0.39, 0.29) is 18.4 Å². The Morgan fingerprint density at radius 2 is 1.65 bits per heavy atom. The Balaban J connectivity index is 2.89. The summed E-state index contributed by atoms with van der Waals surface area (Å²) in [5.41, 5.74) is 6.27. The number of rotatable bonds is 10. The summed E-state index contributed by atoms with van der Waals surface area (Å²) in [6.07, 6.45) is 0.836. The first-order valence-corrected chi connectivity index (χ1v) is 8.98. The molecule has 5 N–H and O–H groups in total. The van der Waals surface area contributed by atoms with Crippen molar-refractivity contribution in [2.75, 3.05) is 13.1 Å². The molecule has 7 heteroatoms. The van der Waals surface area contributed by atoms with Crippen LogP contribution in [0.1, 0.15) is 32.8 Å². The zero-order chi connectivity index (χ0) is 19.5. The SMILES string of the molecule is CCNC(=O)C(CC(C)C)NC(=O)C(Cc1ccccc1)NC(=O)CN. The van der Waals surface area contributed by atoms with Crippen LogP contribution in [0.2, 0.25) is 0 Å². The maximum atomic E-state index is 12.8. The summed E-state index contributed by atoms with van der Waals surface area (Å²) in [6, 6.07) is 7.93. The van der Waals surface area contributed by atoms with E-state index in [1.165, 1.54) is 0 Å². The van der Waals surface area contributed by atoms with Crippen molar-refractivity contribution in [1.82, 2.24) is 16.0 Å². The van der Waals surface area contributed by atoms with Gasteiger partial charge < -0.3 is 21.7 Å². The highest BCUT2D eigenvalue weighted by atomic mass is 16.2. The molecule has 0 aliphatic heterocycles. The van der Waals surface area contributed by atoms with Crippen molar-refractivity contribution in [2.24, 2.45) is 11.7 Å². The van der Waals surface area contributed by atoms with Crippen molar-refractivity contribution in [2.45, 2.75) is 45.7 Å². The summed E-state index contributed by atoms with van der Waals surface area (Å²) in [5, 5.41) is 8.15. The lowest BCUT2D eigenvalue weighted by molar-refractivity contribution is -0.132. The average Bonchev–Trinajstić information content (AvgIpc) is 2.61. The van der Waals surface area contributed by atoms with E-state index >= 15 is 0 Å². The van der Waals surface area contributed by atoms with E-state index in [9.17, 15) is 14.4 Å². The van der Waals surface area contributed by atoms with E-state index in [1.54, 1.807) is 0 Å². The summed E-state index contributed by atoms with van der Waals surface area (Å²) in [4.78, 5) is 36.7. The van der Waals surface area contributed by atoms with Gasteiger partial charge in [-0.15, -0.1) is 0 Å². The number of carbonyl (C=O) groups excluding carboxylic acids is 3. The van der Waals surface area contributed by atoms with Crippen LogP contribution in [-0.2, 0) is 20.8 Å². The monoisotopic (exact) mass is 362 g/mol. The van der Waals surface area contributed by atoms with Gasteiger partial charge in [-0.25, -0.2) is 0 Å². The Kier molecular flexibility index (Phi) is 9.36. The van der Waals surface area contributed by atoms with Gasteiger partial charge in [0, 0.05) is 13.0 Å². The standard InChI is InChI=1S/C19H30N4O3/c1-4-21-18(25)15(10-13(2)3)23-19(26)16(22-17(24)12-20)11-14-8-6-5-7-9-14/h5-9,13,15-16H,4,10-12,20H2,1-3H3,(H,21,25)(H,22,24)(H,23,26). The number of nitrogens with two attached hydrogens (primary N) is 1. The minimum Gasteiger partial charge on any atom is -0.355 e. The van der Waals surface area contributed by atoms with Gasteiger partial charge >= 0.3 is 0 Å². The van der Waals surface area contributed by atoms with Crippen LogP contribution in [0, 0.1) is 5.92 Å². The fraction of sp³-hybridized carbons (Fsp3) is 0.526. The molecule has 0 aliphatic rings. The Morgan fingerprint density at radius 1 is 1.00 bits per heavy atom. The molecule has 1 rings (SSSR count).